The zero-order valence-corrected chi connectivity index (χ0v) is 28.4. The van der Waals surface area contributed by atoms with Gasteiger partial charge in [0.25, 0.3) is 5.56 Å². The quantitative estimate of drug-likeness (QED) is 0.129. The molecule has 0 saturated carbocycles. The van der Waals surface area contributed by atoms with Gasteiger partial charge in [0, 0.05) is 5.02 Å². The monoisotopic (exact) mass is 750 g/mol. The third kappa shape index (κ3) is 6.16. The van der Waals surface area contributed by atoms with E-state index in [0.717, 1.165) is 31.0 Å². The maximum atomic E-state index is 14.2. The number of hydrogen-bond acceptors (Lipinski definition) is 7. The molecule has 10 heteroatoms. The number of halogens is 2. The highest BCUT2D eigenvalue weighted by molar-refractivity contribution is 14.1. The summed E-state index contributed by atoms with van der Waals surface area (Å²) in [5, 5.41) is 2.62. The molecular formula is C35H28ClIN2O5S. The summed E-state index contributed by atoms with van der Waals surface area (Å²) in [6, 6.07) is 24.4. The molecule has 0 radical (unpaired) electrons. The Morgan fingerprint density at radius 1 is 1.09 bits per heavy atom. The number of aromatic nitrogens is 1. The number of nitrogens with zero attached hydrogens (tertiary/aromatic N) is 2. The molecular weight excluding hydrogens is 723 g/mol. The predicted octanol–water partition coefficient (Wildman–Crippen LogP) is 6.80. The zero-order valence-electron chi connectivity index (χ0n) is 24.7. The maximum Gasteiger partial charge on any atom is 0.338 e. The summed E-state index contributed by atoms with van der Waals surface area (Å²) in [6.45, 7) is 4.11. The molecule has 6 rings (SSSR count). The van der Waals surface area contributed by atoms with Gasteiger partial charge in [-0.25, -0.2) is 9.79 Å². The summed E-state index contributed by atoms with van der Waals surface area (Å²) < 4.78 is 20.2. The average molecular weight is 751 g/mol. The van der Waals surface area contributed by atoms with Crippen LogP contribution in [-0.4, -0.2) is 24.3 Å². The Labute approximate surface area is 282 Å². The second kappa shape index (κ2) is 13.2. The van der Waals surface area contributed by atoms with Crippen molar-refractivity contribution in [2.24, 2.45) is 4.99 Å². The molecule has 0 bridgehead atoms. The maximum absolute atomic E-state index is 14.2. The Balaban J connectivity index is 1.45. The Bertz CT molecular complexity index is 2150. The first-order valence-corrected chi connectivity index (χ1v) is 16.5. The van der Waals surface area contributed by atoms with E-state index in [4.69, 9.17) is 30.8 Å². The molecule has 7 nitrogen and oxygen atoms in total. The van der Waals surface area contributed by atoms with Gasteiger partial charge in [0.2, 0.25) is 0 Å². The topological polar surface area (TPSA) is 79.1 Å². The Hall–Kier alpha value is -3.93. The van der Waals surface area contributed by atoms with Gasteiger partial charge < -0.3 is 14.2 Å². The third-order valence-electron chi connectivity index (χ3n) is 7.48. The van der Waals surface area contributed by atoms with Crippen LogP contribution in [0.15, 0.2) is 99.9 Å². The molecule has 1 atom stereocenters. The fourth-order valence-electron chi connectivity index (χ4n) is 5.43. The molecule has 45 heavy (non-hydrogen) atoms. The largest absolute Gasteiger partial charge is 0.493 e. The van der Waals surface area contributed by atoms with E-state index in [2.05, 4.69) is 22.6 Å². The third-order valence-corrected chi connectivity index (χ3v) is 9.52. The fraction of sp³-hybridized carbons (Fsp3) is 0.171. The first kappa shape index (κ1) is 31.1. The number of benzene rings is 4. The van der Waals surface area contributed by atoms with Crippen molar-refractivity contribution in [1.29, 1.82) is 0 Å². The summed E-state index contributed by atoms with van der Waals surface area (Å²) in [5.74, 6) is 0.667. The van der Waals surface area contributed by atoms with E-state index in [-0.39, 0.29) is 12.2 Å². The number of carbonyl (C=O) groups excluding carboxylic acids is 1. The van der Waals surface area contributed by atoms with Crippen LogP contribution >= 0.6 is 45.5 Å². The van der Waals surface area contributed by atoms with Crippen LogP contribution in [0, 0.1) is 3.57 Å². The minimum atomic E-state index is -0.702. The van der Waals surface area contributed by atoms with Gasteiger partial charge >= 0.3 is 5.97 Å². The Morgan fingerprint density at radius 3 is 2.60 bits per heavy atom. The number of thiazole rings is 1. The van der Waals surface area contributed by atoms with Gasteiger partial charge in [0.1, 0.15) is 6.61 Å². The molecule has 1 aliphatic heterocycles. The summed E-state index contributed by atoms with van der Waals surface area (Å²) in [5.41, 5.74) is 3.20. The van der Waals surface area contributed by atoms with Crippen LogP contribution in [-0.2, 0) is 16.1 Å². The van der Waals surface area contributed by atoms with Crippen LogP contribution in [0.1, 0.15) is 36.6 Å². The van der Waals surface area contributed by atoms with Gasteiger partial charge in [-0.3, -0.25) is 9.36 Å². The molecule has 0 aliphatic carbocycles. The molecule has 0 saturated heterocycles. The number of rotatable bonds is 8. The standard InChI is InChI=1S/C35H28ClIN2O5S/c1-4-43-34(41)30-20(2)38-35-39(31(30)26-11-7-9-23-8-5-6-10-25(23)26)33(40)29(45-35)18-22-16-27(37)32(28(17-22)42-3)44-19-21-12-14-24(36)15-13-21/h5-18,31H,4,19H2,1-3H3/b29-18-/t31-/m0/s1. The van der Waals surface area contributed by atoms with E-state index in [9.17, 15) is 9.59 Å². The number of carbonyl (C=O) groups is 1. The van der Waals surface area contributed by atoms with Crippen molar-refractivity contribution >= 4 is 68.3 Å². The number of hydrogen-bond donors (Lipinski definition) is 0. The SMILES string of the molecule is CCOC(=O)C1=C(C)N=c2s/c(=C\c3cc(I)c(OCc4ccc(Cl)cc4)c(OC)c3)c(=O)n2[C@H]1c1cccc2ccccc12. The summed E-state index contributed by atoms with van der Waals surface area (Å²) in [4.78, 5) is 32.8. The fourth-order valence-corrected chi connectivity index (χ4v) is 7.38. The van der Waals surface area contributed by atoms with Crippen LogP contribution in [0.3, 0.4) is 0 Å². The number of fused-ring (bicyclic) bond motifs is 2. The van der Waals surface area contributed by atoms with E-state index in [1.165, 1.54) is 11.3 Å². The van der Waals surface area contributed by atoms with Crippen LogP contribution in [0.25, 0.3) is 16.8 Å². The van der Waals surface area contributed by atoms with Crippen LogP contribution in [0.4, 0.5) is 0 Å². The highest BCUT2D eigenvalue weighted by Gasteiger charge is 2.34. The van der Waals surface area contributed by atoms with Crippen molar-refractivity contribution in [1.82, 2.24) is 4.57 Å². The second-order valence-electron chi connectivity index (χ2n) is 10.3. The van der Waals surface area contributed by atoms with E-state index in [0.29, 0.717) is 43.7 Å². The van der Waals surface area contributed by atoms with Crippen molar-refractivity contribution in [2.45, 2.75) is 26.5 Å². The Kier molecular flexibility index (Phi) is 9.11. The zero-order chi connectivity index (χ0) is 31.7. The minimum Gasteiger partial charge on any atom is -0.493 e. The molecule has 0 unspecified atom stereocenters. The highest BCUT2D eigenvalue weighted by Crippen LogP contribution is 2.36. The van der Waals surface area contributed by atoms with Gasteiger partial charge in [-0.2, -0.15) is 0 Å². The number of ether oxygens (including phenoxy) is 3. The van der Waals surface area contributed by atoms with Gasteiger partial charge in [0.15, 0.2) is 16.3 Å². The first-order chi connectivity index (χ1) is 21.8. The normalized spacial score (nSPS) is 14.7. The lowest BCUT2D eigenvalue weighted by Gasteiger charge is -2.25. The van der Waals surface area contributed by atoms with Gasteiger partial charge in [-0.05, 0) is 94.2 Å². The van der Waals surface area contributed by atoms with Crippen molar-refractivity contribution in [3.8, 4) is 11.5 Å². The summed E-state index contributed by atoms with van der Waals surface area (Å²) in [6.07, 6.45) is 1.82. The van der Waals surface area contributed by atoms with Crippen molar-refractivity contribution in [2.75, 3.05) is 13.7 Å². The minimum absolute atomic E-state index is 0.210. The second-order valence-corrected chi connectivity index (χ2v) is 12.9. The molecule has 0 amide bonds. The van der Waals surface area contributed by atoms with Crippen molar-refractivity contribution < 1.29 is 19.0 Å². The van der Waals surface area contributed by atoms with Crippen LogP contribution in [0.5, 0.6) is 11.5 Å². The molecule has 228 valence electrons. The molecule has 1 aliphatic rings. The molecule has 1 aromatic heterocycles. The van der Waals surface area contributed by atoms with E-state index >= 15 is 0 Å². The smallest absolute Gasteiger partial charge is 0.338 e. The van der Waals surface area contributed by atoms with Crippen molar-refractivity contribution in [3.05, 3.63) is 135 Å². The lowest BCUT2D eigenvalue weighted by Crippen LogP contribution is -2.40. The molecule has 0 fully saturated rings. The number of allylic oxidation sites excluding steroid dienone is 1. The van der Waals surface area contributed by atoms with Crippen LogP contribution < -0.4 is 24.4 Å². The van der Waals surface area contributed by atoms with Gasteiger partial charge in [0.05, 0.1) is 39.1 Å². The van der Waals surface area contributed by atoms with E-state index in [1.54, 1.807) is 25.5 Å². The average Bonchev–Trinajstić information content (AvgIpc) is 3.33. The number of methoxy groups -OCH3 is 1. The van der Waals surface area contributed by atoms with Gasteiger partial charge in [-0.15, -0.1) is 0 Å². The Morgan fingerprint density at radius 2 is 1.84 bits per heavy atom. The predicted molar refractivity (Wildman–Crippen MR) is 186 cm³/mol. The number of esters is 1. The first-order valence-electron chi connectivity index (χ1n) is 14.2. The van der Waals surface area contributed by atoms with E-state index < -0.39 is 12.0 Å². The van der Waals surface area contributed by atoms with Crippen molar-refractivity contribution in [3.63, 3.8) is 0 Å². The van der Waals surface area contributed by atoms with Crippen LogP contribution in [0.2, 0.25) is 5.02 Å². The molecule has 2 heterocycles. The molecule has 5 aromatic rings. The molecule has 0 N–H and O–H groups in total. The lowest BCUT2D eigenvalue weighted by atomic mass is 9.91. The molecule has 4 aromatic carbocycles. The summed E-state index contributed by atoms with van der Waals surface area (Å²) in [7, 11) is 1.59. The summed E-state index contributed by atoms with van der Waals surface area (Å²) >= 11 is 9.50. The molecule has 0 spiro atoms. The van der Waals surface area contributed by atoms with E-state index in [1.807, 2.05) is 84.9 Å². The van der Waals surface area contributed by atoms with Gasteiger partial charge in [-0.1, -0.05) is 77.5 Å². The lowest BCUT2D eigenvalue weighted by molar-refractivity contribution is -0.139. The highest BCUT2D eigenvalue weighted by atomic mass is 127.